The number of ether oxygens (including phenoxy) is 1. The summed E-state index contributed by atoms with van der Waals surface area (Å²) in [6, 6.07) is 4.16. The third-order valence-corrected chi connectivity index (χ3v) is 5.17. The zero-order valence-corrected chi connectivity index (χ0v) is 16.5. The Morgan fingerprint density at radius 3 is 2.61 bits per heavy atom. The van der Waals surface area contributed by atoms with Gasteiger partial charge in [-0.3, -0.25) is 0 Å². The summed E-state index contributed by atoms with van der Waals surface area (Å²) >= 11 is 1.13. The number of likely N-dealkylation sites (N-methyl/N-ethyl adjacent to an activating group) is 1. The lowest BCUT2D eigenvalue weighted by molar-refractivity contribution is -0.00708. The van der Waals surface area contributed by atoms with E-state index in [0.29, 0.717) is 24.7 Å². The number of allylic oxidation sites excluding steroid dienone is 1. The van der Waals surface area contributed by atoms with Gasteiger partial charge in [0.25, 0.3) is 5.92 Å². The summed E-state index contributed by atoms with van der Waals surface area (Å²) in [6.07, 6.45) is 1.38. The van der Waals surface area contributed by atoms with Crippen molar-refractivity contribution >= 4 is 17.9 Å². The van der Waals surface area contributed by atoms with Crippen molar-refractivity contribution < 1.29 is 27.8 Å². The molecule has 1 aliphatic heterocycles. The van der Waals surface area contributed by atoms with Crippen molar-refractivity contribution in [3.8, 4) is 0 Å². The predicted octanol–water partition coefficient (Wildman–Crippen LogP) is 4.34. The van der Waals surface area contributed by atoms with Crippen molar-refractivity contribution in [2.75, 3.05) is 39.5 Å². The molecule has 1 aromatic rings. The molecule has 0 bridgehead atoms. The topological polar surface area (TPSA) is 53.0 Å². The molecule has 0 aliphatic carbocycles. The van der Waals surface area contributed by atoms with Gasteiger partial charge in [0.05, 0.1) is 0 Å². The number of alkyl halides is 2. The van der Waals surface area contributed by atoms with E-state index in [1.807, 2.05) is 23.9 Å². The molecule has 28 heavy (non-hydrogen) atoms. The molecule has 1 N–H and O–H groups in total. The van der Waals surface area contributed by atoms with Gasteiger partial charge >= 0.3 is 6.16 Å². The predicted molar refractivity (Wildman–Crippen MR) is 103 cm³/mol. The molecular weight excluding hydrogens is 393 g/mol. The summed E-state index contributed by atoms with van der Waals surface area (Å²) in [5.74, 6) is -3.51. The molecule has 0 unspecified atom stereocenters. The molecule has 9 heteroatoms. The van der Waals surface area contributed by atoms with Gasteiger partial charge in [-0.05, 0) is 32.3 Å². The highest BCUT2D eigenvalue weighted by Crippen LogP contribution is 2.36. The number of nitrogens with zero attached hydrogens (tertiary/aromatic N) is 2. The van der Waals surface area contributed by atoms with Gasteiger partial charge in [-0.2, -0.15) is 0 Å². The van der Waals surface area contributed by atoms with Gasteiger partial charge in [-0.25, -0.2) is 18.0 Å². The Morgan fingerprint density at radius 1 is 1.32 bits per heavy atom. The second-order valence-electron chi connectivity index (χ2n) is 6.50. The fourth-order valence-electron chi connectivity index (χ4n) is 2.56. The minimum atomic E-state index is -3.12. The molecule has 0 saturated heterocycles. The van der Waals surface area contributed by atoms with Crippen LogP contribution in [0.4, 0.5) is 18.0 Å². The number of hydrogen-bond donors (Lipinski definition) is 1. The van der Waals surface area contributed by atoms with Crippen LogP contribution in [0.25, 0.3) is 0 Å². The summed E-state index contributed by atoms with van der Waals surface area (Å²) < 4.78 is 46.6. The van der Waals surface area contributed by atoms with Crippen LogP contribution >= 0.6 is 11.8 Å². The van der Waals surface area contributed by atoms with Crippen LogP contribution in [-0.2, 0) is 10.7 Å². The Bertz CT molecular complexity index is 736. The van der Waals surface area contributed by atoms with Gasteiger partial charge in [-0.15, -0.1) is 11.8 Å². The van der Waals surface area contributed by atoms with Crippen LogP contribution in [0.2, 0.25) is 0 Å². The van der Waals surface area contributed by atoms with E-state index in [2.05, 4.69) is 0 Å². The van der Waals surface area contributed by atoms with E-state index in [0.717, 1.165) is 36.0 Å². The number of thioether (sulfide) groups is 1. The van der Waals surface area contributed by atoms with E-state index in [4.69, 9.17) is 9.84 Å². The summed E-state index contributed by atoms with van der Waals surface area (Å²) in [5, 5.41) is 9.45. The van der Waals surface area contributed by atoms with Crippen LogP contribution in [0.1, 0.15) is 12.0 Å². The van der Waals surface area contributed by atoms with Gasteiger partial charge in [-0.1, -0.05) is 18.2 Å². The molecule has 1 aliphatic rings. The monoisotopic (exact) mass is 416 g/mol. The van der Waals surface area contributed by atoms with E-state index >= 15 is 0 Å². The number of hydrogen-bond acceptors (Lipinski definition) is 5. The molecule has 0 atom stereocenters. The summed E-state index contributed by atoms with van der Waals surface area (Å²) in [4.78, 5) is 14.8. The van der Waals surface area contributed by atoms with Crippen molar-refractivity contribution in [2.45, 2.75) is 12.3 Å². The third kappa shape index (κ3) is 6.49. The first-order valence-electron chi connectivity index (χ1n) is 8.67. The highest BCUT2D eigenvalue weighted by atomic mass is 32.2. The highest BCUT2D eigenvalue weighted by molar-refractivity contribution is 8.03. The lowest BCUT2D eigenvalue weighted by atomic mass is 10.1. The molecule has 0 fully saturated rings. The van der Waals surface area contributed by atoms with E-state index in [1.54, 1.807) is 12.2 Å². The fourth-order valence-corrected chi connectivity index (χ4v) is 3.71. The summed E-state index contributed by atoms with van der Waals surface area (Å²) in [6.45, 7) is 1.85. The van der Waals surface area contributed by atoms with Crippen LogP contribution in [0.3, 0.4) is 0 Å². The number of carboxylic acid groups (broad SMARTS) is 1. The number of benzene rings is 1. The highest BCUT2D eigenvalue weighted by Gasteiger charge is 2.32. The molecule has 0 aromatic heterocycles. The Hall–Kier alpha value is -2.13. The average molecular weight is 416 g/mol. The van der Waals surface area contributed by atoms with E-state index in [9.17, 15) is 18.0 Å². The minimum absolute atomic E-state index is 0.0402. The Kier molecular flexibility index (Phi) is 7.82. The molecule has 2 rings (SSSR count). The lowest BCUT2D eigenvalue weighted by Gasteiger charge is -2.30. The number of halogens is 3. The van der Waals surface area contributed by atoms with Gasteiger partial charge in [0.2, 0.25) is 0 Å². The maximum Gasteiger partial charge on any atom is 0.511 e. The summed E-state index contributed by atoms with van der Waals surface area (Å²) in [5.41, 5.74) is -0.251. The van der Waals surface area contributed by atoms with Gasteiger partial charge < -0.3 is 19.6 Å². The van der Waals surface area contributed by atoms with Crippen molar-refractivity contribution in [1.29, 1.82) is 0 Å². The van der Waals surface area contributed by atoms with Crippen LogP contribution in [0, 0.1) is 5.82 Å². The smallest absolute Gasteiger partial charge is 0.449 e. The molecule has 0 radical (unpaired) electrons. The molecule has 154 valence electrons. The molecule has 0 amide bonds. The van der Waals surface area contributed by atoms with E-state index < -0.39 is 24.3 Å². The van der Waals surface area contributed by atoms with Crippen LogP contribution < -0.4 is 0 Å². The third-order valence-electron chi connectivity index (χ3n) is 4.03. The molecule has 0 spiro atoms. The molecule has 1 aromatic carbocycles. The van der Waals surface area contributed by atoms with Crippen molar-refractivity contribution in [3.63, 3.8) is 0 Å². The number of rotatable bonds is 9. The number of carbonyl (C=O) groups is 1. The second-order valence-corrected chi connectivity index (χ2v) is 7.58. The molecular formula is C19H23F3N2O3S. The average Bonchev–Trinajstić information content (AvgIpc) is 2.61. The standard InChI is InChI=1S/C19H23F3N2O3S/c1-23(2)11-12-24-10-3-4-16(27-18(25)26)17(24)28-13-9-19(21,22)14-5-7-15(20)8-6-14/h3-8H,9-13H2,1-2H3,(H,25,26). The van der Waals surface area contributed by atoms with Gasteiger partial charge in [0, 0.05) is 37.4 Å². The first-order chi connectivity index (χ1) is 13.2. The first-order valence-corrected chi connectivity index (χ1v) is 9.65. The molecule has 5 nitrogen and oxygen atoms in total. The fraction of sp³-hybridized carbons (Fsp3) is 0.421. The van der Waals surface area contributed by atoms with Crippen molar-refractivity contribution in [2.24, 2.45) is 0 Å². The maximum atomic E-state index is 14.4. The zero-order chi connectivity index (χ0) is 20.7. The first kappa shape index (κ1) is 22.2. The quantitative estimate of drug-likeness (QED) is 0.605. The van der Waals surface area contributed by atoms with Gasteiger partial charge in [0.1, 0.15) is 10.8 Å². The van der Waals surface area contributed by atoms with Crippen molar-refractivity contribution in [1.82, 2.24) is 9.80 Å². The van der Waals surface area contributed by atoms with Crippen LogP contribution in [0.5, 0.6) is 0 Å². The van der Waals surface area contributed by atoms with Crippen molar-refractivity contribution in [3.05, 3.63) is 58.6 Å². The SMILES string of the molecule is CN(C)CCN1CC=CC(OC(=O)O)=C1SCCC(F)(F)c1ccc(F)cc1. The second kappa shape index (κ2) is 9.88. The van der Waals surface area contributed by atoms with E-state index in [-0.39, 0.29) is 17.1 Å². The summed E-state index contributed by atoms with van der Waals surface area (Å²) in [7, 11) is 3.82. The van der Waals surface area contributed by atoms with Gasteiger partial charge in [0.15, 0.2) is 5.76 Å². The lowest BCUT2D eigenvalue weighted by Crippen LogP contribution is -2.33. The Balaban J connectivity index is 2.08. The minimum Gasteiger partial charge on any atom is -0.449 e. The Labute approximate surface area is 166 Å². The van der Waals surface area contributed by atoms with Crippen LogP contribution in [-0.4, -0.2) is 60.5 Å². The normalized spacial score (nSPS) is 14.7. The maximum absolute atomic E-state index is 14.4. The molecule has 0 saturated carbocycles. The largest absolute Gasteiger partial charge is 0.511 e. The van der Waals surface area contributed by atoms with Crippen LogP contribution in [0.15, 0.2) is 47.2 Å². The Morgan fingerprint density at radius 2 is 2.00 bits per heavy atom. The van der Waals surface area contributed by atoms with E-state index in [1.165, 1.54) is 0 Å². The molecule has 1 heterocycles. The zero-order valence-electron chi connectivity index (χ0n) is 15.7.